The van der Waals surface area contributed by atoms with Gasteiger partial charge in [-0.1, -0.05) is 6.07 Å². The van der Waals surface area contributed by atoms with Crippen LogP contribution >= 0.6 is 11.8 Å². The van der Waals surface area contributed by atoms with Gasteiger partial charge >= 0.3 is 5.97 Å². The van der Waals surface area contributed by atoms with E-state index in [-0.39, 0.29) is 5.76 Å². The summed E-state index contributed by atoms with van der Waals surface area (Å²) < 4.78 is 5.20. The lowest BCUT2D eigenvalue weighted by Crippen LogP contribution is -1.91. The van der Waals surface area contributed by atoms with Gasteiger partial charge in [-0.25, -0.2) is 4.79 Å². The fourth-order valence-electron chi connectivity index (χ4n) is 1.95. The molecule has 2 rings (SSSR count). The fourth-order valence-corrected chi connectivity index (χ4v) is 3.09. The molecule has 0 unspecified atom stereocenters. The maximum Gasteiger partial charge on any atom is 0.371 e. The number of aromatic carboxylic acids is 1. The van der Waals surface area contributed by atoms with Crippen LogP contribution in [0.5, 0.6) is 0 Å². The van der Waals surface area contributed by atoms with Gasteiger partial charge in [-0.3, -0.25) is 0 Å². The Kier molecular flexibility index (Phi) is 4.00. The number of carbonyl (C=O) groups is 1. The van der Waals surface area contributed by atoms with Crippen molar-refractivity contribution in [2.75, 3.05) is 0 Å². The summed E-state index contributed by atoms with van der Waals surface area (Å²) in [5, 5.41) is 8.88. The minimum absolute atomic E-state index is 0.00789. The molecule has 100 valence electrons. The second-order valence-corrected chi connectivity index (χ2v) is 5.66. The summed E-state index contributed by atoms with van der Waals surface area (Å²) in [6.45, 7) is 5.94. The molecule has 1 N–H and O–H groups in total. The van der Waals surface area contributed by atoms with Crippen LogP contribution in [0.25, 0.3) is 0 Å². The van der Waals surface area contributed by atoms with E-state index in [1.807, 2.05) is 0 Å². The van der Waals surface area contributed by atoms with E-state index < -0.39 is 5.97 Å². The molecular formula is C15H16O3S. The first-order chi connectivity index (χ1) is 8.95. The monoisotopic (exact) mass is 276 g/mol. The summed E-state index contributed by atoms with van der Waals surface area (Å²) in [5.41, 5.74) is 3.40. The highest BCUT2D eigenvalue weighted by Crippen LogP contribution is 2.27. The Balaban J connectivity index is 2.12. The average molecular weight is 276 g/mol. The summed E-state index contributed by atoms with van der Waals surface area (Å²) in [4.78, 5) is 12.0. The van der Waals surface area contributed by atoms with Gasteiger partial charge in [0.25, 0.3) is 0 Å². The van der Waals surface area contributed by atoms with Crippen molar-refractivity contribution in [3.63, 3.8) is 0 Å². The third kappa shape index (κ3) is 3.41. The largest absolute Gasteiger partial charge is 0.475 e. The highest BCUT2D eigenvalue weighted by atomic mass is 32.2. The van der Waals surface area contributed by atoms with Crippen LogP contribution in [0.1, 0.15) is 33.0 Å². The molecule has 2 aromatic rings. The second-order valence-electron chi connectivity index (χ2n) is 4.61. The number of benzene rings is 1. The zero-order chi connectivity index (χ0) is 14.0. The van der Waals surface area contributed by atoms with E-state index >= 15 is 0 Å². The molecule has 19 heavy (non-hydrogen) atoms. The number of carboxylic acid groups (broad SMARTS) is 1. The molecule has 0 aliphatic rings. The molecule has 4 heteroatoms. The summed E-state index contributed by atoms with van der Waals surface area (Å²) in [7, 11) is 0. The lowest BCUT2D eigenvalue weighted by atomic mass is 10.2. The zero-order valence-electron chi connectivity index (χ0n) is 11.2. The Labute approximate surface area is 116 Å². The number of furan rings is 1. The van der Waals surface area contributed by atoms with Crippen LogP contribution in [0.4, 0.5) is 0 Å². The van der Waals surface area contributed by atoms with Gasteiger partial charge in [0, 0.05) is 16.2 Å². The molecule has 0 saturated heterocycles. The van der Waals surface area contributed by atoms with Gasteiger partial charge in [0.15, 0.2) is 0 Å². The quantitative estimate of drug-likeness (QED) is 0.850. The third-order valence-electron chi connectivity index (χ3n) is 2.82. The lowest BCUT2D eigenvalue weighted by molar-refractivity contribution is 0.0661. The normalized spacial score (nSPS) is 10.7. The van der Waals surface area contributed by atoms with Crippen LogP contribution in [-0.2, 0) is 5.75 Å². The summed E-state index contributed by atoms with van der Waals surface area (Å²) in [6, 6.07) is 8.00. The smallest absolute Gasteiger partial charge is 0.371 e. The van der Waals surface area contributed by atoms with E-state index in [1.54, 1.807) is 24.8 Å². The van der Waals surface area contributed by atoms with Crippen molar-refractivity contribution in [2.24, 2.45) is 0 Å². The predicted octanol–water partition coefficient (Wildman–Crippen LogP) is 4.20. The summed E-state index contributed by atoms with van der Waals surface area (Å²) in [5.74, 6) is 0.374. The summed E-state index contributed by atoms with van der Waals surface area (Å²) in [6.07, 6.45) is 0. The first-order valence-electron chi connectivity index (χ1n) is 5.99. The predicted molar refractivity (Wildman–Crippen MR) is 75.9 cm³/mol. The van der Waals surface area contributed by atoms with Crippen molar-refractivity contribution in [2.45, 2.75) is 31.4 Å². The SMILES string of the molecule is Cc1cc(C)cc(SCc2cc(C(=O)O)oc2C)c1. The number of carboxylic acids is 1. The number of thioether (sulfide) groups is 1. The Hall–Kier alpha value is -1.68. The Morgan fingerprint density at radius 2 is 1.79 bits per heavy atom. The number of aryl methyl sites for hydroxylation is 3. The first kappa shape index (κ1) is 13.7. The molecule has 0 saturated carbocycles. The second kappa shape index (κ2) is 5.53. The van der Waals surface area contributed by atoms with Crippen LogP contribution in [-0.4, -0.2) is 11.1 Å². The molecule has 0 radical (unpaired) electrons. The van der Waals surface area contributed by atoms with Gasteiger partial charge in [0.05, 0.1) is 0 Å². The minimum atomic E-state index is -1.02. The highest BCUT2D eigenvalue weighted by molar-refractivity contribution is 7.98. The maximum atomic E-state index is 10.8. The highest BCUT2D eigenvalue weighted by Gasteiger charge is 2.13. The number of rotatable bonds is 4. The van der Waals surface area contributed by atoms with Crippen molar-refractivity contribution in [3.8, 4) is 0 Å². The van der Waals surface area contributed by atoms with E-state index in [4.69, 9.17) is 9.52 Å². The molecule has 1 aromatic heterocycles. The molecular weight excluding hydrogens is 260 g/mol. The van der Waals surface area contributed by atoms with Crippen LogP contribution < -0.4 is 0 Å². The molecule has 0 spiro atoms. The first-order valence-corrected chi connectivity index (χ1v) is 6.98. The molecule has 0 amide bonds. The van der Waals surface area contributed by atoms with E-state index in [2.05, 4.69) is 32.0 Å². The molecule has 0 aliphatic heterocycles. The van der Waals surface area contributed by atoms with Crippen molar-refractivity contribution in [3.05, 3.63) is 52.5 Å². The van der Waals surface area contributed by atoms with Crippen molar-refractivity contribution < 1.29 is 14.3 Å². The maximum absolute atomic E-state index is 10.8. The third-order valence-corrected chi connectivity index (χ3v) is 3.85. The average Bonchev–Trinajstić information content (AvgIpc) is 2.67. The van der Waals surface area contributed by atoms with Crippen LogP contribution in [0, 0.1) is 20.8 Å². The van der Waals surface area contributed by atoms with Crippen molar-refractivity contribution in [1.29, 1.82) is 0 Å². The molecule has 1 heterocycles. The number of hydrogen-bond donors (Lipinski definition) is 1. The van der Waals surface area contributed by atoms with Gasteiger partial charge < -0.3 is 9.52 Å². The van der Waals surface area contributed by atoms with Gasteiger partial charge in [0.1, 0.15) is 5.76 Å². The van der Waals surface area contributed by atoms with E-state index in [9.17, 15) is 4.79 Å². The summed E-state index contributed by atoms with van der Waals surface area (Å²) >= 11 is 1.69. The van der Waals surface area contributed by atoms with Gasteiger partial charge in [-0.2, -0.15) is 0 Å². The molecule has 0 fully saturated rings. The van der Waals surface area contributed by atoms with Crippen molar-refractivity contribution in [1.82, 2.24) is 0 Å². The molecule has 0 bridgehead atoms. The Morgan fingerprint density at radius 1 is 1.16 bits per heavy atom. The van der Waals surface area contributed by atoms with Gasteiger partial charge in [-0.05, 0) is 50.1 Å². The van der Waals surface area contributed by atoms with E-state index in [0.717, 1.165) is 5.56 Å². The van der Waals surface area contributed by atoms with E-state index in [0.29, 0.717) is 11.5 Å². The molecule has 0 atom stereocenters. The van der Waals surface area contributed by atoms with Gasteiger partial charge in [0.2, 0.25) is 5.76 Å². The number of hydrogen-bond acceptors (Lipinski definition) is 3. The molecule has 1 aromatic carbocycles. The lowest BCUT2D eigenvalue weighted by Gasteiger charge is -2.04. The Morgan fingerprint density at radius 3 is 2.32 bits per heavy atom. The van der Waals surface area contributed by atoms with Crippen LogP contribution in [0.15, 0.2) is 33.6 Å². The van der Waals surface area contributed by atoms with Gasteiger partial charge in [-0.15, -0.1) is 11.8 Å². The standard InChI is InChI=1S/C15H16O3S/c1-9-4-10(2)6-13(5-9)19-8-12-7-14(15(16)17)18-11(12)3/h4-7H,8H2,1-3H3,(H,16,17). The minimum Gasteiger partial charge on any atom is -0.475 e. The molecule has 0 aliphatic carbocycles. The van der Waals surface area contributed by atoms with Crippen LogP contribution in [0.3, 0.4) is 0 Å². The topological polar surface area (TPSA) is 50.4 Å². The molecule has 3 nitrogen and oxygen atoms in total. The Bertz CT molecular complexity index is 594. The zero-order valence-corrected chi connectivity index (χ0v) is 12.0. The van der Waals surface area contributed by atoms with E-state index in [1.165, 1.54) is 16.0 Å². The van der Waals surface area contributed by atoms with Crippen LogP contribution in [0.2, 0.25) is 0 Å². The fraction of sp³-hybridized carbons (Fsp3) is 0.267. The van der Waals surface area contributed by atoms with Crippen molar-refractivity contribution >= 4 is 17.7 Å².